The van der Waals surface area contributed by atoms with E-state index in [1.165, 1.54) is 10.4 Å². The van der Waals surface area contributed by atoms with Crippen LogP contribution in [0.25, 0.3) is 0 Å². The summed E-state index contributed by atoms with van der Waals surface area (Å²) in [6.07, 6.45) is 1.31. The number of nitrogens with one attached hydrogen (secondary N) is 1. The van der Waals surface area contributed by atoms with Crippen LogP contribution in [0, 0.1) is 11.3 Å². The van der Waals surface area contributed by atoms with Crippen molar-refractivity contribution in [1.82, 2.24) is 9.62 Å². The maximum Gasteiger partial charge on any atom is 0.246 e. The van der Waals surface area contributed by atoms with Gasteiger partial charge in [0.05, 0.1) is 12.5 Å². The second kappa shape index (κ2) is 8.80. The largest absolute Gasteiger partial charge is 0.492 e. The fourth-order valence-electron chi connectivity index (χ4n) is 2.97. The number of piperidine rings is 1. The number of amides is 1. The summed E-state index contributed by atoms with van der Waals surface area (Å²) in [6.45, 7) is 9.36. The number of rotatable bonds is 6. The number of benzene rings is 1. The Labute approximate surface area is 167 Å². The number of ether oxygens (including phenoxy) is 1. The molecule has 152 valence electrons. The summed E-state index contributed by atoms with van der Waals surface area (Å²) in [4.78, 5) is 12.5. The smallest absolute Gasteiger partial charge is 0.246 e. The van der Waals surface area contributed by atoms with Crippen molar-refractivity contribution in [2.45, 2.75) is 45.4 Å². The van der Waals surface area contributed by atoms with Gasteiger partial charge in [0.1, 0.15) is 10.6 Å². The SMILES string of the molecule is CCOc1ccc(Cl)cc1S(=O)(=O)N1CCCC(C(=O)NCC(C)(C)C)C1. The first-order valence-corrected chi connectivity index (χ1v) is 11.1. The molecule has 0 aromatic heterocycles. The topological polar surface area (TPSA) is 75.7 Å². The highest BCUT2D eigenvalue weighted by molar-refractivity contribution is 7.89. The van der Waals surface area contributed by atoms with Crippen molar-refractivity contribution < 1.29 is 17.9 Å². The van der Waals surface area contributed by atoms with Crippen LogP contribution in [0.3, 0.4) is 0 Å². The molecule has 1 amide bonds. The van der Waals surface area contributed by atoms with Crippen molar-refractivity contribution >= 4 is 27.5 Å². The summed E-state index contributed by atoms with van der Waals surface area (Å²) in [5.41, 5.74) is -0.0245. The van der Waals surface area contributed by atoms with Gasteiger partial charge in [-0.2, -0.15) is 4.31 Å². The first-order valence-electron chi connectivity index (χ1n) is 9.25. The van der Waals surface area contributed by atoms with Crippen LogP contribution in [0.4, 0.5) is 0 Å². The van der Waals surface area contributed by atoms with Crippen LogP contribution >= 0.6 is 11.6 Å². The standard InChI is InChI=1S/C19H29ClN2O4S/c1-5-26-16-9-8-15(20)11-17(16)27(24,25)22-10-6-7-14(12-22)18(23)21-13-19(2,3)4/h8-9,11,14H,5-7,10,12-13H2,1-4H3,(H,21,23). The minimum atomic E-state index is -3.80. The van der Waals surface area contributed by atoms with Crippen molar-refractivity contribution in [3.8, 4) is 5.75 Å². The molecule has 0 saturated carbocycles. The predicted molar refractivity (Wildman–Crippen MR) is 107 cm³/mol. The lowest BCUT2D eigenvalue weighted by Gasteiger charge is -2.32. The molecule has 0 spiro atoms. The first kappa shape index (κ1) is 22.0. The third kappa shape index (κ3) is 5.83. The number of hydrogen-bond acceptors (Lipinski definition) is 4. The van der Waals surface area contributed by atoms with Gasteiger partial charge < -0.3 is 10.1 Å². The second-order valence-corrected chi connectivity index (χ2v) is 10.3. The molecule has 1 unspecified atom stereocenters. The maximum atomic E-state index is 13.2. The number of sulfonamides is 1. The Hall–Kier alpha value is -1.31. The van der Waals surface area contributed by atoms with Gasteiger partial charge in [0.25, 0.3) is 0 Å². The van der Waals surface area contributed by atoms with Crippen LogP contribution in [-0.2, 0) is 14.8 Å². The molecule has 1 saturated heterocycles. The lowest BCUT2D eigenvalue weighted by molar-refractivity contribution is -0.126. The fourth-order valence-corrected chi connectivity index (χ4v) is 4.89. The van der Waals surface area contributed by atoms with E-state index < -0.39 is 10.0 Å². The number of hydrogen-bond donors (Lipinski definition) is 1. The van der Waals surface area contributed by atoms with E-state index in [0.717, 1.165) is 0 Å². The number of halogens is 1. The van der Waals surface area contributed by atoms with Gasteiger partial charge in [-0.1, -0.05) is 32.4 Å². The highest BCUT2D eigenvalue weighted by atomic mass is 35.5. The Bertz CT molecular complexity index is 774. The van der Waals surface area contributed by atoms with E-state index in [-0.39, 0.29) is 34.4 Å². The van der Waals surface area contributed by atoms with E-state index >= 15 is 0 Å². The van der Waals surface area contributed by atoms with E-state index in [2.05, 4.69) is 5.32 Å². The lowest BCUT2D eigenvalue weighted by atomic mass is 9.95. The Kier molecular flexibility index (Phi) is 7.16. The van der Waals surface area contributed by atoms with Gasteiger partial charge in [0.2, 0.25) is 15.9 Å². The summed E-state index contributed by atoms with van der Waals surface area (Å²) in [6, 6.07) is 4.58. The Morgan fingerprint density at radius 2 is 2.07 bits per heavy atom. The van der Waals surface area contributed by atoms with Crippen LogP contribution in [0.1, 0.15) is 40.5 Å². The van der Waals surface area contributed by atoms with Gasteiger partial charge in [0.15, 0.2) is 0 Å². The van der Waals surface area contributed by atoms with Gasteiger partial charge >= 0.3 is 0 Å². The normalized spacial score (nSPS) is 18.9. The lowest BCUT2D eigenvalue weighted by Crippen LogP contribution is -2.46. The predicted octanol–water partition coefficient (Wildman–Crippen LogP) is 3.30. The van der Waals surface area contributed by atoms with Crippen molar-refractivity contribution in [1.29, 1.82) is 0 Å². The Morgan fingerprint density at radius 1 is 1.37 bits per heavy atom. The first-order chi connectivity index (χ1) is 12.5. The molecule has 2 rings (SSSR count). The molecule has 8 heteroatoms. The third-order valence-electron chi connectivity index (χ3n) is 4.37. The van der Waals surface area contributed by atoms with Crippen molar-refractivity contribution in [2.24, 2.45) is 11.3 Å². The molecule has 0 bridgehead atoms. The summed E-state index contributed by atoms with van der Waals surface area (Å²) in [5, 5.41) is 3.27. The highest BCUT2D eigenvalue weighted by Crippen LogP contribution is 2.32. The minimum Gasteiger partial charge on any atom is -0.492 e. The third-order valence-corrected chi connectivity index (χ3v) is 6.49. The number of carbonyl (C=O) groups is 1. The summed E-state index contributed by atoms with van der Waals surface area (Å²) >= 11 is 6.02. The quantitative estimate of drug-likeness (QED) is 0.771. The monoisotopic (exact) mass is 416 g/mol. The molecule has 1 heterocycles. The molecular weight excluding hydrogens is 388 g/mol. The fraction of sp³-hybridized carbons (Fsp3) is 0.632. The molecule has 1 atom stereocenters. The van der Waals surface area contributed by atoms with E-state index in [0.29, 0.717) is 37.6 Å². The van der Waals surface area contributed by atoms with Gasteiger partial charge in [-0.3, -0.25) is 4.79 Å². The van der Waals surface area contributed by atoms with Gasteiger partial charge in [-0.05, 0) is 43.4 Å². The van der Waals surface area contributed by atoms with E-state index in [1.54, 1.807) is 19.1 Å². The average molecular weight is 417 g/mol. The van der Waals surface area contributed by atoms with Crippen molar-refractivity contribution in [2.75, 3.05) is 26.2 Å². The molecule has 0 aliphatic carbocycles. The van der Waals surface area contributed by atoms with Crippen LogP contribution in [0.15, 0.2) is 23.1 Å². The summed E-state index contributed by atoms with van der Waals surface area (Å²) in [5.74, 6) is -0.173. The summed E-state index contributed by atoms with van der Waals surface area (Å²) < 4.78 is 33.2. The van der Waals surface area contributed by atoms with Crippen LogP contribution in [0.5, 0.6) is 5.75 Å². The highest BCUT2D eigenvalue weighted by Gasteiger charge is 2.35. The molecule has 0 radical (unpaired) electrons. The molecule has 1 fully saturated rings. The Morgan fingerprint density at radius 3 is 2.70 bits per heavy atom. The minimum absolute atomic E-state index is 0.0245. The van der Waals surface area contributed by atoms with E-state index in [4.69, 9.17) is 16.3 Å². The van der Waals surface area contributed by atoms with Crippen molar-refractivity contribution in [3.05, 3.63) is 23.2 Å². The zero-order chi connectivity index (χ0) is 20.2. The van der Waals surface area contributed by atoms with Gasteiger partial charge in [0, 0.05) is 24.7 Å². The molecule has 6 nitrogen and oxygen atoms in total. The molecular formula is C19H29ClN2O4S. The van der Waals surface area contributed by atoms with Gasteiger partial charge in [-0.15, -0.1) is 0 Å². The van der Waals surface area contributed by atoms with E-state index in [1.807, 2.05) is 20.8 Å². The van der Waals surface area contributed by atoms with Crippen molar-refractivity contribution in [3.63, 3.8) is 0 Å². The van der Waals surface area contributed by atoms with Crippen LogP contribution in [-0.4, -0.2) is 44.9 Å². The number of carbonyl (C=O) groups excluding carboxylic acids is 1. The van der Waals surface area contributed by atoms with Crippen LogP contribution < -0.4 is 10.1 Å². The summed E-state index contributed by atoms with van der Waals surface area (Å²) in [7, 11) is -3.80. The molecule has 1 aromatic rings. The van der Waals surface area contributed by atoms with Crippen LogP contribution in [0.2, 0.25) is 5.02 Å². The second-order valence-electron chi connectivity index (χ2n) is 8.00. The molecule has 1 N–H and O–H groups in total. The molecule has 1 aliphatic rings. The Balaban J connectivity index is 2.19. The zero-order valence-electron chi connectivity index (χ0n) is 16.4. The molecule has 1 aromatic carbocycles. The average Bonchev–Trinajstić information content (AvgIpc) is 2.60. The maximum absolute atomic E-state index is 13.2. The zero-order valence-corrected chi connectivity index (χ0v) is 18.0. The number of nitrogens with zero attached hydrogens (tertiary/aromatic N) is 1. The van der Waals surface area contributed by atoms with E-state index in [9.17, 15) is 13.2 Å². The molecule has 27 heavy (non-hydrogen) atoms. The van der Waals surface area contributed by atoms with Gasteiger partial charge in [-0.25, -0.2) is 8.42 Å². The molecule has 1 aliphatic heterocycles.